The number of hydrogen-bond donors (Lipinski definition) is 2. The molecule has 0 spiro atoms. The number of halogens is 4. The van der Waals surface area contributed by atoms with Crippen LogP contribution in [0.3, 0.4) is 0 Å². The van der Waals surface area contributed by atoms with Crippen LogP contribution in [0.5, 0.6) is 5.75 Å². The lowest BCUT2D eigenvalue weighted by Crippen LogP contribution is -2.37. The number of fused-ring (bicyclic) bond motifs is 1. The van der Waals surface area contributed by atoms with Crippen LogP contribution >= 0.6 is 24.0 Å². The lowest BCUT2D eigenvalue weighted by Gasteiger charge is -2.27. The molecule has 0 saturated carbocycles. The summed E-state index contributed by atoms with van der Waals surface area (Å²) in [5, 5.41) is 3.07. The summed E-state index contributed by atoms with van der Waals surface area (Å²) in [6, 6.07) is 12.9. The van der Waals surface area contributed by atoms with Crippen molar-refractivity contribution in [2.75, 3.05) is 6.61 Å². The molecule has 3 rings (SSSR count). The van der Waals surface area contributed by atoms with E-state index in [0.717, 1.165) is 17.4 Å². The summed E-state index contributed by atoms with van der Waals surface area (Å²) in [7, 11) is 0. The first-order chi connectivity index (χ1) is 11.9. The number of nitrogens with two attached hydrogens (primary N) is 1. The van der Waals surface area contributed by atoms with Crippen LogP contribution in [0, 0.1) is 0 Å². The van der Waals surface area contributed by atoms with Crippen molar-refractivity contribution in [3.8, 4) is 5.75 Å². The Hall–Kier alpha value is -1.97. The quantitative estimate of drug-likeness (QED) is 0.395. The van der Waals surface area contributed by atoms with E-state index in [4.69, 9.17) is 10.5 Å². The third kappa shape index (κ3) is 4.80. The molecule has 3 N–H and O–H groups in total. The Morgan fingerprint density at radius 1 is 1.15 bits per heavy atom. The molecule has 2 aromatic carbocycles. The molecule has 1 aliphatic heterocycles. The van der Waals surface area contributed by atoms with Gasteiger partial charge in [0.15, 0.2) is 5.96 Å². The number of ether oxygens (including phenoxy) is 1. The maximum atomic E-state index is 13.0. The molecular formula is C18H19F3IN3O. The number of benzene rings is 2. The minimum Gasteiger partial charge on any atom is -0.493 e. The van der Waals surface area contributed by atoms with Gasteiger partial charge in [0, 0.05) is 12.0 Å². The Bertz CT molecular complexity index is 780. The van der Waals surface area contributed by atoms with Crippen molar-refractivity contribution in [2.45, 2.75) is 25.2 Å². The lowest BCUT2D eigenvalue weighted by atomic mass is 10.0. The zero-order chi connectivity index (χ0) is 17.9. The van der Waals surface area contributed by atoms with Crippen molar-refractivity contribution in [2.24, 2.45) is 10.7 Å². The Morgan fingerprint density at radius 2 is 1.85 bits per heavy atom. The molecule has 0 aliphatic carbocycles. The van der Waals surface area contributed by atoms with Crippen LogP contribution in [0.2, 0.25) is 0 Å². The first-order valence-corrected chi connectivity index (χ1v) is 7.88. The van der Waals surface area contributed by atoms with Crippen LogP contribution in [0.15, 0.2) is 53.5 Å². The second-order valence-electron chi connectivity index (χ2n) is 5.73. The van der Waals surface area contributed by atoms with Gasteiger partial charge in [-0.15, -0.1) is 24.0 Å². The summed E-state index contributed by atoms with van der Waals surface area (Å²) in [4.78, 5) is 4.08. The molecule has 1 unspecified atom stereocenters. The molecule has 140 valence electrons. The SMILES string of the molecule is I.NC(=NCc1ccccc1C(F)(F)F)NC1CCOc2ccccc21. The minimum absolute atomic E-state index is 0. The van der Waals surface area contributed by atoms with Gasteiger partial charge in [-0.05, 0) is 17.7 Å². The van der Waals surface area contributed by atoms with Crippen LogP contribution in [0.1, 0.15) is 29.2 Å². The average Bonchev–Trinajstić information content (AvgIpc) is 2.60. The average molecular weight is 477 g/mol. The minimum atomic E-state index is -4.41. The Morgan fingerprint density at radius 3 is 2.62 bits per heavy atom. The summed E-state index contributed by atoms with van der Waals surface area (Å²) in [6.45, 7) is 0.401. The molecule has 1 aliphatic rings. The van der Waals surface area contributed by atoms with Crippen molar-refractivity contribution in [1.29, 1.82) is 0 Å². The molecule has 26 heavy (non-hydrogen) atoms. The van der Waals surface area contributed by atoms with Gasteiger partial charge < -0.3 is 15.8 Å². The highest BCUT2D eigenvalue weighted by molar-refractivity contribution is 14.0. The predicted octanol–water partition coefficient (Wildman–Crippen LogP) is 4.25. The van der Waals surface area contributed by atoms with Crippen LogP contribution in [-0.4, -0.2) is 12.6 Å². The van der Waals surface area contributed by atoms with E-state index in [1.165, 1.54) is 12.1 Å². The van der Waals surface area contributed by atoms with Gasteiger partial charge in [-0.2, -0.15) is 13.2 Å². The van der Waals surface area contributed by atoms with Crippen LogP contribution in [-0.2, 0) is 12.7 Å². The number of rotatable bonds is 3. The largest absolute Gasteiger partial charge is 0.493 e. The number of guanidine groups is 1. The van der Waals surface area contributed by atoms with E-state index in [-0.39, 0.29) is 48.1 Å². The molecule has 0 saturated heterocycles. The number of alkyl halides is 3. The maximum absolute atomic E-state index is 13.0. The third-order valence-corrected chi connectivity index (χ3v) is 4.02. The highest BCUT2D eigenvalue weighted by Crippen LogP contribution is 2.33. The van der Waals surface area contributed by atoms with Crippen LogP contribution in [0.25, 0.3) is 0 Å². The number of hydrogen-bond acceptors (Lipinski definition) is 2. The molecule has 0 bridgehead atoms. The highest BCUT2D eigenvalue weighted by atomic mass is 127. The molecule has 4 nitrogen and oxygen atoms in total. The van der Waals surface area contributed by atoms with Gasteiger partial charge >= 0.3 is 6.18 Å². The van der Waals surface area contributed by atoms with Gasteiger partial charge in [-0.1, -0.05) is 36.4 Å². The zero-order valence-electron chi connectivity index (χ0n) is 13.8. The first kappa shape index (κ1) is 20.3. The maximum Gasteiger partial charge on any atom is 0.416 e. The van der Waals surface area contributed by atoms with Crippen molar-refractivity contribution in [3.63, 3.8) is 0 Å². The zero-order valence-corrected chi connectivity index (χ0v) is 16.1. The van der Waals surface area contributed by atoms with Gasteiger partial charge in [-0.25, -0.2) is 4.99 Å². The van der Waals surface area contributed by atoms with Crippen molar-refractivity contribution < 1.29 is 17.9 Å². The van der Waals surface area contributed by atoms with Crippen molar-refractivity contribution in [1.82, 2.24) is 5.32 Å². The fraction of sp³-hybridized carbons (Fsp3) is 0.278. The second kappa shape index (κ2) is 8.61. The summed E-state index contributed by atoms with van der Waals surface area (Å²) in [5.41, 5.74) is 6.24. The smallest absolute Gasteiger partial charge is 0.416 e. The number of nitrogens with one attached hydrogen (secondary N) is 1. The van der Waals surface area contributed by atoms with E-state index in [2.05, 4.69) is 10.3 Å². The standard InChI is InChI=1S/C18H18F3N3O.HI/c19-18(20,21)14-7-3-1-5-12(14)11-23-17(22)24-15-9-10-25-16-8-4-2-6-13(15)16;/h1-8,15H,9-11H2,(H3,22,23,24);1H. The fourth-order valence-electron chi connectivity index (χ4n) is 2.82. The number of aliphatic imine (C=N–C) groups is 1. The summed E-state index contributed by atoms with van der Waals surface area (Å²) < 4.78 is 44.6. The van der Waals surface area contributed by atoms with Gasteiger partial charge in [0.25, 0.3) is 0 Å². The van der Waals surface area contributed by atoms with Gasteiger partial charge in [0.05, 0.1) is 24.8 Å². The number of nitrogens with zero attached hydrogens (tertiary/aromatic N) is 1. The van der Waals surface area contributed by atoms with Crippen molar-refractivity contribution in [3.05, 3.63) is 65.2 Å². The van der Waals surface area contributed by atoms with Crippen LogP contribution in [0.4, 0.5) is 13.2 Å². The predicted molar refractivity (Wildman–Crippen MR) is 105 cm³/mol. The number of para-hydroxylation sites is 1. The normalized spacial score (nSPS) is 16.9. The highest BCUT2D eigenvalue weighted by Gasteiger charge is 2.32. The molecule has 0 aromatic heterocycles. The van der Waals surface area contributed by atoms with E-state index < -0.39 is 11.7 Å². The molecule has 2 aromatic rings. The molecular weight excluding hydrogens is 458 g/mol. The Kier molecular flexibility index (Phi) is 6.74. The topological polar surface area (TPSA) is 59.6 Å². The van der Waals surface area contributed by atoms with Crippen LogP contribution < -0.4 is 15.8 Å². The Labute approximate surface area is 166 Å². The van der Waals surface area contributed by atoms with E-state index in [1.54, 1.807) is 6.07 Å². The van der Waals surface area contributed by atoms with E-state index in [0.29, 0.717) is 13.0 Å². The van der Waals surface area contributed by atoms with Gasteiger partial charge in [0.1, 0.15) is 5.75 Å². The monoisotopic (exact) mass is 477 g/mol. The fourth-order valence-corrected chi connectivity index (χ4v) is 2.82. The Balaban J connectivity index is 0.00000243. The summed E-state index contributed by atoms with van der Waals surface area (Å²) >= 11 is 0. The van der Waals surface area contributed by atoms with E-state index >= 15 is 0 Å². The van der Waals surface area contributed by atoms with Crippen molar-refractivity contribution >= 4 is 29.9 Å². The molecule has 1 heterocycles. The molecule has 0 amide bonds. The summed E-state index contributed by atoms with van der Waals surface area (Å²) in [6.07, 6.45) is -3.71. The summed E-state index contributed by atoms with van der Waals surface area (Å²) in [5.74, 6) is 0.889. The molecule has 0 radical (unpaired) electrons. The van der Waals surface area contributed by atoms with E-state index in [9.17, 15) is 13.2 Å². The van der Waals surface area contributed by atoms with Gasteiger partial charge in [-0.3, -0.25) is 0 Å². The molecule has 1 atom stereocenters. The van der Waals surface area contributed by atoms with E-state index in [1.807, 2.05) is 24.3 Å². The molecule has 0 fully saturated rings. The lowest BCUT2D eigenvalue weighted by molar-refractivity contribution is -0.138. The second-order valence-corrected chi connectivity index (χ2v) is 5.73. The molecule has 8 heteroatoms. The third-order valence-electron chi connectivity index (χ3n) is 4.02. The first-order valence-electron chi connectivity index (χ1n) is 7.88. The van der Waals surface area contributed by atoms with Gasteiger partial charge in [0.2, 0.25) is 0 Å².